The van der Waals surface area contributed by atoms with Gasteiger partial charge < -0.3 is 25.7 Å². The Kier molecular flexibility index (Phi) is 6.90. The van der Waals surface area contributed by atoms with Crippen LogP contribution in [0.1, 0.15) is 22.8 Å². The van der Waals surface area contributed by atoms with Crippen molar-refractivity contribution in [1.29, 1.82) is 0 Å². The van der Waals surface area contributed by atoms with Crippen molar-refractivity contribution in [3.63, 3.8) is 0 Å². The van der Waals surface area contributed by atoms with E-state index in [1.165, 1.54) is 0 Å². The smallest absolute Gasteiger partial charge is 0.410 e. The third-order valence-corrected chi connectivity index (χ3v) is 5.17. The summed E-state index contributed by atoms with van der Waals surface area (Å²) in [6.07, 6.45) is 2.06. The number of hydrogen-bond acceptors (Lipinski definition) is 4. The number of amides is 2. The molecule has 0 spiro atoms. The Hall–Kier alpha value is -4.26. The van der Waals surface area contributed by atoms with E-state index in [1.54, 1.807) is 12.1 Å². The van der Waals surface area contributed by atoms with Crippen LogP contribution in [0.15, 0.2) is 79.0 Å². The monoisotopic (exact) mass is 442 g/mol. The van der Waals surface area contributed by atoms with Crippen molar-refractivity contribution in [3.05, 3.63) is 90.1 Å². The van der Waals surface area contributed by atoms with E-state index in [-0.39, 0.29) is 5.91 Å². The number of fused-ring (bicyclic) bond motifs is 1. The number of benzene rings is 3. The summed E-state index contributed by atoms with van der Waals surface area (Å²) in [4.78, 5) is 27.8. The lowest BCUT2D eigenvalue weighted by molar-refractivity contribution is 0.0955. The Bertz CT molecular complexity index is 1250. The summed E-state index contributed by atoms with van der Waals surface area (Å²) in [6, 6.07) is 22.6. The maximum atomic E-state index is 12.9. The van der Waals surface area contributed by atoms with Crippen LogP contribution < -0.4 is 20.7 Å². The van der Waals surface area contributed by atoms with Gasteiger partial charge in [0, 0.05) is 35.9 Å². The summed E-state index contributed by atoms with van der Waals surface area (Å²) in [7, 11) is 0. The molecule has 3 aromatic carbocycles. The summed E-state index contributed by atoms with van der Waals surface area (Å²) in [6.45, 7) is 2.80. The van der Waals surface area contributed by atoms with Gasteiger partial charge in [-0.25, -0.2) is 4.79 Å². The van der Waals surface area contributed by atoms with Gasteiger partial charge in [-0.3, -0.25) is 4.79 Å². The minimum absolute atomic E-state index is 0.144. The molecule has 0 saturated carbocycles. The molecule has 4 rings (SSSR count). The van der Waals surface area contributed by atoms with Crippen molar-refractivity contribution in [2.45, 2.75) is 13.3 Å². The Morgan fingerprint density at radius 3 is 2.55 bits per heavy atom. The quantitative estimate of drug-likeness (QED) is 0.309. The molecule has 0 aliphatic heterocycles. The van der Waals surface area contributed by atoms with Gasteiger partial charge in [0.15, 0.2) is 0 Å². The molecular formula is C26H26N4O3. The van der Waals surface area contributed by atoms with Crippen LogP contribution in [-0.2, 0) is 6.42 Å². The second-order valence-corrected chi connectivity index (χ2v) is 7.48. The molecule has 7 heteroatoms. The molecule has 0 saturated heterocycles. The molecule has 0 radical (unpaired) electrons. The van der Waals surface area contributed by atoms with Gasteiger partial charge in [-0.05, 0) is 61.4 Å². The lowest BCUT2D eigenvalue weighted by Crippen LogP contribution is -2.26. The molecule has 7 nitrogen and oxygen atoms in total. The first-order valence-electron chi connectivity index (χ1n) is 10.9. The highest BCUT2D eigenvalue weighted by molar-refractivity contribution is 6.00. The Morgan fingerprint density at radius 1 is 0.939 bits per heavy atom. The topological polar surface area (TPSA) is 95.2 Å². The highest BCUT2D eigenvalue weighted by Crippen LogP contribution is 2.24. The zero-order valence-electron chi connectivity index (χ0n) is 18.4. The van der Waals surface area contributed by atoms with E-state index in [9.17, 15) is 9.59 Å². The van der Waals surface area contributed by atoms with Crippen LogP contribution >= 0.6 is 0 Å². The van der Waals surface area contributed by atoms with Gasteiger partial charge in [-0.2, -0.15) is 0 Å². The zero-order valence-corrected chi connectivity index (χ0v) is 18.4. The number of H-pyrrole nitrogens is 1. The van der Waals surface area contributed by atoms with Crippen LogP contribution in [-0.4, -0.2) is 30.1 Å². The number of nitrogens with one attached hydrogen (secondary N) is 4. The molecule has 0 unspecified atom stereocenters. The van der Waals surface area contributed by atoms with Crippen molar-refractivity contribution in [2.24, 2.45) is 0 Å². The van der Waals surface area contributed by atoms with E-state index < -0.39 is 6.09 Å². The average molecular weight is 443 g/mol. The first-order valence-corrected chi connectivity index (χ1v) is 10.9. The molecule has 0 bridgehead atoms. The Labute approximate surface area is 192 Å². The summed E-state index contributed by atoms with van der Waals surface area (Å²) in [5.74, 6) is 0.327. The fraction of sp³-hybridized carbons (Fsp3) is 0.154. The van der Waals surface area contributed by atoms with E-state index in [4.69, 9.17) is 4.74 Å². The summed E-state index contributed by atoms with van der Waals surface area (Å²) < 4.78 is 5.31. The van der Waals surface area contributed by atoms with Gasteiger partial charge in [-0.1, -0.05) is 30.3 Å². The number of para-hydroxylation sites is 2. The lowest BCUT2D eigenvalue weighted by Gasteiger charge is -2.12. The summed E-state index contributed by atoms with van der Waals surface area (Å²) >= 11 is 0. The largest absolute Gasteiger partial charge is 0.412 e. The number of carbonyl (C=O) groups is 2. The standard InChI is InChI=1S/C26H26N4O3/c1-2-27-26(32)33-20-12-13-23-22(16-20)18(17-29-23)14-15-28-25(31)21-10-6-7-11-24(21)30-19-8-4-3-5-9-19/h3-13,16-17,29-30H,2,14-15H2,1H3,(H,27,32)(H,28,31). The van der Waals surface area contributed by atoms with E-state index in [1.807, 2.05) is 73.8 Å². The van der Waals surface area contributed by atoms with Gasteiger partial charge in [-0.15, -0.1) is 0 Å². The highest BCUT2D eigenvalue weighted by atomic mass is 16.6. The fourth-order valence-electron chi connectivity index (χ4n) is 3.59. The minimum atomic E-state index is -0.482. The van der Waals surface area contributed by atoms with Crippen LogP contribution in [0.2, 0.25) is 0 Å². The number of aromatic nitrogens is 1. The number of carbonyl (C=O) groups excluding carboxylic acids is 2. The predicted molar refractivity (Wildman–Crippen MR) is 130 cm³/mol. The molecule has 2 amide bonds. The highest BCUT2D eigenvalue weighted by Gasteiger charge is 2.12. The maximum absolute atomic E-state index is 12.9. The van der Waals surface area contributed by atoms with Crippen molar-refractivity contribution >= 4 is 34.3 Å². The van der Waals surface area contributed by atoms with Gasteiger partial charge in [0.05, 0.1) is 11.3 Å². The van der Waals surface area contributed by atoms with E-state index in [2.05, 4.69) is 20.9 Å². The second-order valence-electron chi connectivity index (χ2n) is 7.48. The molecule has 0 fully saturated rings. The molecule has 1 heterocycles. The van der Waals surface area contributed by atoms with Crippen LogP contribution in [0.5, 0.6) is 5.75 Å². The molecule has 4 N–H and O–H groups in total. The number of rotatable bonds is 8. The van der Waals surface area contributed by atoms with E-state index >= 15 is 0 Å². The molecular weight excluding hydrogens is 416 g/mol. The number of anilines is 2. The van der Waals surface area contributed by atoms with Crippen molar-refractivity contribution in [1.82, 2.24) is 15.6 Å². The lowest BCUT2D eigenvalue weighted by atomic mass is 10.1. The van der Waals surface area contributed by atoms with Gasteiger partial charge in [0.2, 0.25) is 0 Å². The number of ether oxygens (including phenoxy) is 1. The molecule has 0 atom stereocenters. The second kappa shape index (κ2) is 10.4. The molecule has 168 valence electrons. The normalized spacial score (nSPS) is 10.6. The summed E-state index contributed by atoms with van der Waals surface area (Å²) in [5.41, 5.74) is 4.22. The summed E-state index contributed by atoms with van der Waals surface area (Å²) in [5, 5.41) is 9.87. The predicted octanol–water partition coefficient (Wildman–Crippen LogP) is 4.99. The van der Waals surface area contributed by atoms with Gasteiger partial charge in [0.25, 0.3) is 5.91 Å². The first kappa shape index (κ1) is 22.0. The number of hydrogen-bond donors (Lipinski definition) is 4. The van der Waals surface area contributed by atoms with Crippen molar-refractivity contribution in [2.75, 3.05) is 18.4 Å². The van der Waals surface area contributed by atoms with E-state index in [0.29, 0.717) is 30.8 Å². The maximum Gasteiger partial charge on any atom is 0.412 e. The molecule has 1 aromatic heterocycles. The fourth-order valence-corrected chi connectivity index (χ4v) is 3.59. The SMILES string of the molecule is CCNC(=O)Oc1ccc2[nH]cc(CCNC(=O)c3ccccc3Nc3ccccc3)c2c1. The van der Waals surface area contributed by atoms with Crippen LogP contribution in [0.25, 0.3) is 10.9 Å². The van der Waals surface area contributed by atoms with Crippen LogP contribution in [0.3, 0.4) is 0 Å². The van der Waals surface area contributed by atoms with Crippen molar-refractivity contribution < 1.29 is 14.3 Å². The van der Waals surface area contributed by atoms with E-state index in [0.717, 1.165) is 27.8 Å². The van der Waals surface area contributed by atoms with Crippen LogP contribution in [0, 0.1) is 0 Å². The first-order chi connectivity index (χ1) is 16.1. The molecule has 33 heavy (non-hydrogen) atoms. The molecule has 0 aliphatic carbocycles. The third-order valence-electron chi connectivity index (χ3n) is 5.17. The van der Waals surface area contributed by atoms with Crippen LogP contribution in [0.4, 0.5) is 16.2 Å². The Balaban J connectivity index is 1.40. The molecule has 0 aliphatic rings. The number of aromatic amines is 1. The zero-order chi connectivity index (χ0) is 23.0. The molecule has 4 aromatic rings. The minimum Gasteiger partial charge on any atom is -0.410 e. The average Bonchev–Trinajstić information content (AvgIpc) is 3.22. The third kappa shape index (κ3) is 5.51. The van der Waals surface area contributed by atoms with Gasteiger partial charge in [0.1, 0.15) is 5.75 Å². The van der Waals surface area contributed by atoms with Crippen molar-refractivity contribution in [3.8, 4) is 5.75 Å². The Morgan fingerprint density at radius 2 is 1.73 bits per heavy atom. The van der Waals surface area contributed by atoms with Gasteiger partial charge >= 0.3 is 6.09 Å².